The van der Waals surface area contributed by atoms with Crippen LogP contribution < -0.4 is 4.74 Å². The van der Waals surface area contributed by atoms with E-state index in [1.165, 1.54) is 0 Å². The van der Waals surface area contributed by atoms with Gasteiger partial charge in [0.05, 0.1) is 7.11 Å². The molecule has 1 unspecified atom stereocenters. The Labute approximate surface area is 120 Å². The van der Waals surface area contributed by atoms with Crippen LogP contribution in [0, 0.1) is 0 Å². The van der Waals surface area contributed by atoms with Crippen LogP contribution >= 0.6 is 0 Å². The van der Waals surface area contributed by atoms with Crippen LogP contribution in [0.15, 0.2) is 54.6 Å². The quantitative estimate of drug-likeness (QED) is 0.791. The largest absolute Gasteiger partial charge is 0.496 e. The lowest BCUT2D eigenvalue weighted by Crippen LogP contribution is -2.14. The molecule has 0 aromatic heterocycles. The van der Waals surface area contributed by atoms with Gasteiger partial charge in [-0.05, 0) is 18.1 Å². The molecule has 0 spiro atoms. The summed E-state index contributed by atoms with van der Waals surface area (Å²) in [6.07, 6.45) is 1.23. The molecule has 0 saturated carbocycles. The number of Topliss-reactive ketones (excluding diaryl/α,β-unsaturated/α-hetero) is 1. The first-order chi connectivity index (χ1) is 9.76. The Kier molecular flexibility index (Phi) is 4.94. The van der Waals surface area contributed by atoms with Crippen molar-refractivity contribution in [3.8, 4) is 5.75 Å². The van der Waals surface area contributed by atoms with E-state index in [2.05, 4.69) is 6.92 Å². The van der Waals surface area contributed by atoms with Crippen molar-refractivity contribution < 1.29 is 9.53 Å². The molecule has 2 aromatic rings. The van der Waals surface area contributed by atoms with Crippen molar-refractivity contribution >= 4 is 5.78 Å². The first-order valence-electron chi connectivity index (χ1n) is 6.95. The zero-order valence-corrected chi connectivity index (χ0v) is 12.0. The van der Waals surface area contributed by atoms with Crippen LogP contribution in [0.5, 0.6) is 5.75 Å². The fourth-order valence-corrected chi connectivity index (χ4v) is 2.49. The van der Waals surface area contributed by atoms with Crippen molar-refractivity contribution in [1.29, 1.82) is 0 Å². The highest BCUT2D eigenvalue weighted by molar-refractivity contribution is 5.88. The van der Waals surface area contributed by atoms with Gasteiger partial charge < -0.3 is 4.74 Å². The van der Waals surface area contributed by atoms with E-state index in [0.29, 0.717) is 6.42 Å². The van der Waals surface area contributed by atoms with Crippen LogP contribution in [0.1, 0.15) is 30.4 Å². The molecule has 0 saturated heterocycles. The second-order valence-corrected chi connectivity index (χ2v) is 4.83. The smallest absolute Gasteiger partial charge is 0.144 e. The number of hydrogen-bond donors (Lipinski definition) is 0. The Morgan fingerprint density at radius 1 is 1.05 bits per heavy atom. The van der Waals surface area contributed by atoms with E-state index in [-0.39, 0.29) is 11.7 Å². The number of ketones is 1. The summed E-state index contributed by atoms with van der Waals surface area (Å²) in [5.74, 6) is 0.980. The second kappa shape index (κ2) is 6.90. The summed E-state index contributed by atoms with van der Waals surface area (Å²) in [6, 6.07) is 17.7. The number of para-hydroxylation sites is 1. The molecule has 104 valence electrons. The standard InChI is InChI=1S/C18H20O2/c1-3-16(14-9-5-4-6-10-14)17(19)13-15-11-7-8-12-18(15)20-2/h4-12,16H,3,13H2,1-2H3. The Bertz CT molecular complexity index is 561. The molecule has 0 aliphatic heterocycles. The Hall–Kier alpha value is -2.09. The molecule has 2 nitrogen and oxygen atoms in total. The molecule has 0 N–H and O–H groups in total. The molecule has 0 bridgehead atoms. The summed E-state index contributed by atoms with van der Waals surface area (Å²) in [6.45, 7) is 2.05. The van der Waals surface area contributed by atoms with Gasteiger partial charge in [0.1, 0.15) is 11.5 Å². The average molecular weight is 268 g/mol. The average Bonchev–Trinajstić information content (AvgIpc) is 2.49. The van der Waals surface area contributed by atoms with Crippen LogP contribution in [0.25, 0.3) is 0 Å². The predicted molar refractivity (Wildman–Crippen MR) is 81.2 cm³/mol. The Balaban J connectivity index is 2.18. The van der Waals surface area contributed by atoms with Crippen molar-refractivity contribution in [2.45, 2.75) is 25.7 Å². The van der Waals surface area contributed by atoms with E-state index in [1.807, 2.05) is 54.6 Å². The van der Waals surface area contributed by atoms with Crippen LogP contribution in [0.4, 0.5) is 0 Å². The van der Waals surface area contributed by atoms with Gasteiger partial charge >= 0.3 is 0 Å². The topological polar surface area (TPSA) is 26.3 Å². The molecule has 2 heteroatoms. The zero-order valence-electron chi connectivity index (χ0n) is 12.0. The Morgan fingerprint density at radius 2 is 1.70 bits per heavy atom. The highest BCUT2D eigenvalue weighted by Crippen LogP contribution is 2.25. The Morgan fingerprint density at radius 3 is 2.35 bits per heavy atom. The molecule has 0 heterocycles. The molecule has 0 radical (unpaired) electrons. The third-order valence-electron chi connectivity index (χ3n) is 3.56. The van der Waals surface area contributed by atoms with E-state index in [4.69, 9.17) is 4.74 Å². The van der Waals surface area contributed by atoms with Gasteiger partial charge in [-0.1, -0.05) is 55.5 Å². The van der Waals surface area contributed by atoms with Gasteiger partial charge in [0.15, 0.2) is 0 Å². The molecule has 20 heavy (non-hydrogen) atoms. The molecule has 1 atom stereocenters. The maximum atomic E-state index is 12.6. The number of benzene rings is 2. The first kappa shape index (κ1) is 14.3. The normalized spacial score (nSPS) is 11.9. The van der Waals surface area contributed by atoms with E-state index in [1.54, 1.807) is 7.11 Å². The second-order valence-electron chi connectivity index (χ2n) is 4.83. The van der Waals surface area contributed by atoms with Crippen LogP contribution in [-0.4, -0.2) is 12.9 Å². The number of carbonyl (C=O) groups excluding carboxylic acids is 1. The highest BCUT2D eigenvalue weighted by atomic mass is 16.5. The SMILES string of the molecule is CCC(C(=O)Cc1ccccc1OC)c1ccccc1. The maximum absolute atomic E-state index is 12.6. The minimum atomic E-state index is -0.0406. The first-order valence-corrected chi connectivity index (χ1v) is 6.95. The molecule has 0 aliphatic rings. The van der Waals surface area contributed by atoms with Gasteiger partial charge in [-0.25, -0.2) is 0 Å². The molecule has 0 amide bonds. The minimum absolute atomic E-state index is 0.0406. The number of rotatable bonds is 6. The van der Waals surface area contributed by atoms with E-state index in [9.17, 15) is 4.79 Å². The van der Waals surface area contributed by atoms with Crippen molar-refractivity contribution in [3.05, 3.63) is 65.7 Å². The molecule has 0 fully saturated rings. The van der Waals surface area contributed by atoms with Crippen molar-refractivity contribution in [2.24, 2.45) is 0 Å². The van der Waals surface area contributed by atoms with Crippen LogP contribution in [0.2, 0.25) is 0 Å². The van der Waals surface area contributed by atoms with Gasteiger partial charge in [-0.2, -0.15) is 0 Å². The summed E-state index contributed by atoms with van der Waals surface area (Å²) in [4.78, 5) is 12.6. The van der Waals surface area contributed by atoms with Crippen molar-refractivity contribution in [2.75, 3.05) is 7.11 Å². The number of methoxy groups -OCH3 is 1. The lowest BCUT2D eigenvalue weighted by molar-refractivity contribution is -0.119. The fraction of sp³-hybridized carbons (Fsp3) is 0.278. The minimum Gasteiger partial charge on any atom is -0.496 e. The summed E-state index contributed by atoms with van der Waals surface area (Å²) < 4.78 is 5.31. The molecule has 2 aromatic carbocycles. The summed E-state index contributed by atoms with van der Waals surface area (Å²) in [5, 5.41) is 0. The van der Waals surface area contributed by atoms with Gasteiger partial charge in [0.25, 0.3) is 0 Å². The lowest BCUT2D eigenvalue weighted by Gasteiger charge is -2.15. The van der Waals surface area contributed by atoms with Gasteiger partial charge in [0.2, 0.25) is 0 Å². The molecule has 2 rings (SSSR count). The zero-order chi connectivity index (χ0) is 14.4. The van der Waals surface area contributed by atoms with Gasteiger partial charge in [-0.15, -0.1) is 0 Å². The third-order valence-corrected chi connectivity index (χ3v) is 3.56. The monoisotopic (exact) mass is 268 g/mol. The third kappa shape index (κ3) is 3.27. The van der Waals surface area contributed by atoms with Crippen LogP contribution in [0.3, 0.4) is 0 Å². The number of hydrogen-bond acceptors (Lipinski definition) is 2. The summed E-state index contributed by atoms with van der Waals surface area (Å²) in [5.41, 5.74) is 2.05. The van der Waals surface area contributed by atoms with Gasteiger partial charge in [-0.3, -0.25) is 4.79 Å². The summed E-state index contributed by atoms with van der Waals surface area (Å²) in [7, 11) is 1.64. The summed E-state index contributed by atoms with van der Waals surface area (Å²) >= 11 is 0. The number of carbonyl (C=O) groups is 1. The predicted octanol–water partition coefficient (Wildman–Crippen LogP) is 4.00. The molecular weight excluding hydrogens is 248 g/mol. The van der Waals surface area contributed by atoms with E-state index < -0.39 is 0 Å². The van der Waals surface area contributed by atoms with Crippen LogP contribution in [-0.2, 0) is 11.2 Å². The molecule has 0 aliphatic carbocycles. The van der Waals surface area contributed by atoms with Crippen molar-refractivity contribution in [3.63, 3.8) is 0 Å². The van der Waals surface area contributed by atoms with Gasteiger partial charge in [0, 0.05) is 17.9 Å². The van der Waals surface area contributed by atoms with Crippen molar-refractivity contribution in [1.82, 2.24) is 0 Å². The maximum Gasteiger partial charge on any atom is 0.144 e. The van der Waals surface area contributed by atoms with E-state index in [0.717, 1.165) is 23.3 Å². The molecular formula is C18H20O2. The van der Waals surface area contributed by atoms with E-state index >= 15 is 0 Å². The fourth-order valence-electron chi connectivity index (χ4n) is 2.49. The lowest BCUT2D eigenvalue weighted by atomic mass is 9.89. The highest BCUT2D eigenvalue weighted by Gasteiger charge is 2.19. The number of ether oxygens (including phenoxy) is 1.